The molecule has 0 spiro atoms. The van der Waals surface area contributed by atoms with E-state index in [0.29, 0.717) is 18.9 Å². The number of aromatic nitrogens is 2. The van der Waals surface area contributed by atoms with Gasteiger partial charge in [0, 0.05) is 24.8 Å². The third-order valence-electron chi connectivity index (χ3n) is 3.70. The van der Waals surface area contributed by atoms with Crippen LogP contribution in [0, 0.1) is 11.3 Å². The van der Waals surface area contributed by atoms with E-state index in [0.717, 1.165) is 12.8 Å². The predicted molar refractivity (Wildman–Crippen MR) is 85.8 cm³/mol. The molecule has 0 aliphatic carbocycles. The van der Waals surface area contributed by atoms with Gasteiger partial charge >= 0.3 is 6.09 Å². The van der Waals surface area contributed by atoms with Crippen molar-refractivity contribution in [1.29, 1.82) is 5.26 Å². The maximum atomic E-state index is 12.1. The number of rotatable bonds is 2. The first-order valence-electron chi connectivity index (χ1n) is 7.70. The zero-order valence-electron chi connectivity index (χ0n) is 14.1. The van der Waals surface area contributed by atoms with E-state index in [9.17, 15) is 4.79 Å². The van der Waals surface area contributed by atoms with Crippen molar-refractivity contribution in [1.82, 2.24) is 14.9 Å². The van der Waals surface area contributed by atoms with E-state index in [2.05, 4.69) is 22.2 Å². The zero-order valence-corrected chi connectivity index (χ0v) is 14.1. The zero-order chi connectivity index (χ0) is 17.1. The summed E-state index contributed by atoms with van der Waals surface area (Å²) in [6, 6.07) is 3.67. The minimum atomic E-state index is -0.481. The molecule has 1 aliphatic heterocycles. The number of amides is 1. The van der Waals surface area contributed by atoms with Gasteiger partial charge in [0.05, 0.1) is 0 Å². The molecule has 0 saturated carbocycles. The third kappa shape index (κ3) is 4.81. The predicted octanol–water partition coefficient (Wildman–Crippen LogP) is 2.55. The molecule has 2 heterocycles. The summed E-state index contributed by atoms with van der Waals surface area (Å²) >= 11 is 0. The first-order valence-corrected chi connectivity index (χ1v) is 7.70. The molecule has 7 nitrogen and oxygen atoms in total. The lowest BCUT2D eigenvalue weighted by molar-refractivity contribution is 0.0184. The minimum Gasteiger partial charge on any atom is -0.444 e. The maximum Gasteiger partial charge on any atom is 0.410 e. The number of hydrogen-bond acceptors (Lipinski definition) is 6. The number of nitrogens with one attached hydrogen (secondary N) is 1. The molecule has 0 bridgehead atoms. The Hall–Kier alpha value is -2.36. The van der Waals surface area contributed by atoms with Crippen LogP contribution in [-0.2, 0) is 4.74 Å². The van der Waals surface area contributed by atoms with Crippen LogP contribution in [0.15, 0.2) is 12.3 Å². The number of ether oxygens (including phenoxy) is 1. The Bertz CT molecular complexity index is 610. The molecule has 1 amide bonds. The molecule has 1 fully saturated rings. The van der Waals surface area contributed by atoms with E-state index in [4.69, 9.17) is 10.00 Å². The standard InChI is InChI=1S/C16H23N5O2/c1-15(2,3)23-14(22)21-9-6-16(4,7-10-21)20-12-5-8-18-13(11-17)19-12/h5,8H,6-7,9-10H2,1-4H3,(H,18,19,20). The number of carbonyl (C=O) groups excluding carboxylic acids is 1. The molecule has 1 aromatic heterocycles. The smallest absolute Gasteiger partial charge is 0.410 e. The largest absolute Gasteiger partial charge is 0.444 e. The molecule has 124 valence electrons. The van der Waals surface area contributed by atoms with Crippen LogP contribution >= 0.6 is 0 Å². The van der Waals surface area contributed by atoms with Gasteiger partial charge in [-0.1, -0.05) is 0 Å². The molecule has 0 atom stereocenters. The lowest BCUT2D eigenvalue weighted by Gasteiger charge is -2.40. The van der Waals surface area contributed by atoms with E-state index in [1.165, 1.54) is 0 Å². The van der Waals surface area contributed by atoms with Gasteiger partial charge < -0.3 is 15.0 Å². The Balaban J connectivity index is 1.94. The molecular weight excluding hydrogens is 294 g/mol. The first kappa shape index (κ1) is 17.0. The van der Waals surface area contributed by atoms with Crippen LogP contribution in [0.2, 0.25) is 0 Å². The van der Waals surface area contributed by atoms with E-state index in [-0.39, 0.29) is 17.5 Å². The van der Waals surface area contributed by atoms with Gasteiger partial charge in [0.25, 0.3) is 0 Å². The number of likely N-dealkylation sites (tertiary alicyclic amines) is 1. The summed E-state index contributed by atoms with van der Waals surface area (Å²) in [6.45, 7) is 8.92. The lowest BCUT2D eigenvalue weighted by atomic mass is 9.90. The fourth-order valence-corrected chi connectivity index (χ4v) is 2.43. The molecule has 1 aliphatic rings. The highest BCUT2D eigenvalue weighted by molar-refractivity contribution is 5.68. The van der Waals surface area contributed by atoms with E-state index in [1.54, 1.807) is 17.2 Å². The summed E-state index contributed by atoms with van der Waals surface area (Å²) in [7, 11) is 0. The van der Waals surface area contributed by atoms with Crippen molar-refractivity contribution >= 4 is 11.9 Å². The molecular formula is C16H23N5O2. The molecule has 1 N–H and O–H groups in total. The SMILES string of the molecule is CC1(Nc2ccnc(C#N)n2)CCN(C(=O)OC(C)(C)C)CC1. The lowest BCUT2D eigenvalue weighted by Crippen LogP contribution is -2.50. The Labute approximate surface area is 136 Å². The molecule has 7 heteroatoms. The van der Waals surface area contributed by atoms with Crippen LogP contribution in [0.5, 0.6) is 0 Å². The van der Waals surface area contributed by atoms with Crippen LogP contribution in [0.25, 0.3) is 0 Å². The number of nitrogens with zero attached hydrogens (tertiary/aromatic N) is 4. The average Bonchev–Trinajstić information content (AvgIpc) is 2.46. The van der Waals surface area contributed by atoms with Gasteiger partial charge in [0.1, 0.15) is 17.5 Å². The molecule has 1 aromatic rings. The normalized spacial score (nSPS) is 17.3. The second-order valence-electron chi connectivity index (χ2n) is 7.03. The van der Waals surface area contributed by atoms with Gasteiger partial charge in [-0.2, -0.15) is 5.26 Å². The fourth-order valence-electron chi connectivity index (χ4n) is 2.43. The van der Waals surface area contributed by atoms with Crippen molar-refractivity contribution in [3.63, 3.8) is 0 Å². The molecule has 0 radical (unpaired) electrons. The third-order valence-corrected chi connectivity index (χ3v) is 3.70. The monoisotopic (exact) mass is 317 g/mol. The van der Waals surface area contributed by atoms with Crippen molar-refractivity contribution < 1.29 is 9.53 Å². The molecule has 23 heavy (non-hydrogen) atoms. The van der Waals surface area contributed by atoms with Gasteiger partial charge in [0.2, 0.25) is 5.82 Å². The second-order valence-corrected chi connectivity index (χ2v) is 7.03. The first-order chi connectivity index (χ1) is 10.7. The van der Waals surface area contributed by atoms with Gasteiger partial charge in [0.15, 0.2) is 0 Å². The Morgan fingerprint density at radius 2 is 2.09 bits per heavy atom. The van der Waals surface area contributed by atoms with Crippen molar-refractivity contribution in [3.05, 3.63) is 18.1 Å². The fraction of sp³-hybridized carbons (Fsp3) is 0.625. The van der Waals surface area contributed by atoms with Crippen LogP contribution in [0.1, 0.15) is 46.4 Å². The average molecular weight is 317 g/mol. The summed E-state index contributed by atoms with van der Waals surface area (Å²) in [5.41, 5.74) is -0.662. The maximum absolute atomic E-state index is 12.1. The quantitative estimate of drug-likeness (QED) is 0.901. The van der Waals surface area contributed by atoms with Crippen LogP contribution in [0.4, 0.5) is 10.6 Å². The highest BCUT2D eigenvalue weighted by Gasteiger charge is 2.33. The van der Waals surface area contributed by atoms with E-state index >= 15 is 0 Å². The van der Waals surface area contributed by atoms with Gasteiger partial charge in [-0.25, -0.2) is 14.8 Å². The van der Waals surface area contributed by atoms with Crippen LogP contribution in [0.3, 0.4) is 0 Å². The summed E-state index contributed by atoms with van der Waals surface area (Å²) in [5.74, 6) is 0.773. The summed E-state index contributed by atoms with van der Waals surface area (Å²) < 4.78 is 5.40. The Kier molecular flexibility index (Phi) is 4.73. The van der Waals surface area contributed by atoms with Crippen LogP contribution in [-0.4, -0.2) is 45.2 Å². The number of hydrogen-bond donors (Lipinski definition) is 1. The topological polar surface area (TPSA) is 91.1 Å². The summed E-state index contributed by atoms with van der Waals surface area (Å²) in [4.78, 5) is 21.8. The number of nitriles is 1. The van der Waals surface area contributed by atoms with Gasteiger partial charge in [-0.05, 0) is 46.6 Å². The molecule has 2 rings (SSSR count). The number of anilines is 1. The Morgan fingerprint density at radius 1 is 1.43 bits per heavy atom. The highest BCUT2D eigenvalue weighted by atomic mass is 16.6. The summed E-state index contributed by atoms with van der Waals surface area (Å²) in [5, 5.41) is 12.2. The Morgan fingerprint density at radius 3 is 2.65 bits per heavy atom. The van der Waals surface area contributed by atoms with E-state index < -0.39 is 5.60 Å². The summed E-state index contributed by atoms with van der Waals surface area (Å²) in [6.07, 6.45) is 2.84. The van der Waals surface area contributed by atoms with Gasteiger partial charge in [-0.15, -0.1) is 0 Å². The van der Waals surface area contributed by atoms with Crippen molar-refractivity contribution in [2.45, 2.75) is 51.7 Å². The van der Waals surface area contributed by atoms with Gasteiger partial charge in [-0.3, -0.25) is 0 Å². The number of piperidine rings is 1. The van der Waals surface area contributed by atoms with E-state index in [1.807, 2.05) is 26.8 Å². The van der Waals surface area contributed by atoms with Crippen LogP contribution < -0.4 is 5.32 Å². The molecule has 0 aromatic carbocycles. The van der Waals surface area contributed by atoms with Crippen molar-refractivity contribution in [3.8, 4) is 6.07 Å². The molecule has 0 unspecified atom stereocenters. The molecule has 1 saturated heterocycles. The second kappa shape index (κ2) is 6.41. The number of carbonyl (C=O) groups is 1. The van der Waals surface area contributed by atoms with Crippen molar-refractivity contribution in [2.75, 3.05) is 18.4 Å². The minimum absolute atomic E-state index is 0.143. The van der Waals surface area contributed by atoms with Crippen molar-refractivity contribution in [2.24, 2.45) is 0 Å². The highest BCUT2D eigenvalue weighted by Crippen LogP contribution is 2.26.